The van der Waals surface area contributed by atoms with Crippen molar-refractivity contribution in [2.75, 3.05) is 0 Å². The standard InChI is InChI=1S/C15H17N3O2/c1-10-2-4-11(5-3-10)9-15(6-7-15)16-14(20)12-8-13(19)18-17-12/h2-5,8H,6-7,9H2,1H3,(H,16,20)(H2,17,18,19). The predicted octanol–water partition coefficient (Wildman–Crippen LogP) is 1.52. The van der Waals surface area contributed by atoms with Gasteiger partial charge in [0.2, 0.25) is 0 Å². The van der Waals surface area contributed by atoms with Gasteiger partial charge in [-0.3, -0.25) is 19.8 Å². The Morgan fingerprint density at radius 1 is 1.25 bits per heavy atom. The minimum Gasteiger partial charge on any atom is -0.345 e. The van der Waals surface area contributed by atoms with E-state index in [0.29, 0.717) is 0 Å². The fourth-order valence-electron chi connectivity index (χ4n) is 2.36. The summed E-state index contributed by atoms with van der Waals surface area (Å²) in [6, 6.07) is 9.63. The summed E-state index contributed by atoms with van der Waals surface area (Å²) in [7, 11) is 0. The summed E-state index contributed by atoms with van der Waals surface area (Å²) in [5, 5.41) is 7.98. The maximum atomic E-state index is 12.1. The van der Waals surface area contributed by atoms with Crippen LogP contribution in [-0.2, 0) is 6.42 Å². The lowest BCUT2D eigenvalue weighted by atomic mass is 10.0. The molecule has 1 saturated carbocycles. The van der Waals surface area contributed by atoms with E-state index in [-0.39, 0.29) is 22.7 Å². The van der Waals surface area contributed by atoms with E-state index >= 15 is 0 Å². The Hall–Kier alpha value is -2.30. The van der Waals surface area contributed by atoms with Gasteiger partial charge in [0.25, 0.3) is 11.5 Å². The van der Waals surface area contributed by atoms with Crippen molar-refractivity contribution >= 4 is 5.91 Å². The molecule has 0 bridgehead atoms. The fourth-order valence-corrected chi connectivity index (χ4v) is 2.36. The van der Waals surface area contributed by atoms with Gasteiger partial charge in [-0.1, -0.05) is 29.8 Å². The number of aryl methyl sites for hydroxylation is 1. The number of aromatic amines is 2. The normalized spacial score (nSPS) is 15.8. The number of carbonyl (C=O) groups is 1. The van der Waals surface area contributed by atoms with Gasteiger partial charge in [0.1, 0.15) is 5.69 Å². The summed E-state index contributed by atoms with van der Waals surface area (Å²) in [5.41, 5.74) is 2.28. The predicted molar refractivity (Wildman–Crippen MR) is 75.7 cm³/mol. The number of aromatic nitrogens is 2. The highest BCUT2D eigenvalue weighted by Crippen LogP contribution is 2.38. The van der Waals surface area contributed by atoms with E-state index in [9.17, 15) is 9.59 Å². The van der Waals surface area contributed by atoms with Crippen molar-refractivity contribution in [3.8, 4) is 0 Å². The number of benzene rings is 1. The van der Waals surface area contributed by atoms with Crippen LogP contribution >= 0.6 is 0 Å². The van der Waals surface area contributed by atoms with E-state index in [4.69, 9.17) is 0 Å². The Balaban J connectivity index is 1.69. The number of hydrogen-bond donors (Lipinski definition) is 3. The number of nitrogens with one attached hydrogen (secondary N) is 3. The van der Waals surface area contributed by atoms with Crippen LogP contribution in [0.2, 0.25) is 0 Å². The molecule has 1 aromatic carbocycles. The van der Waals surface area contributed by atoms with E-state index in [1.807, 2.05) is 0 Å². The average molecular weight is 271 g/mol. The highest BCUT2D eigenvalue weighted by molar-refractivity contribution is 5.92. The zero-order valence-electron chi connectivity index (χ0n) is 11.3. The molecule has 0 atom stereocenters. The monoisotopic (exact) mass is 271 g/mol. The molecular weight excluding hydrogens is 254 g/mol. The summed E-state index contributed by atoms with van der Waals surface area (Å²) in [6.45, 7) is 2.06. The van der Waals surface area contributed by atoms with Gasteiger partial charge in [-0.2, -0.15) is 0 Å². The molecule has 0 spiro atoms. The lowest BCUT2D eigenvalue weighted by Gasteiger charge is -2.17. The first kappa shape index (κ1) is 12.7. The molecule has 0 saturated heterocycles. The number of carbonyl (C=O) groups excluding carboxylic acids is 1. The lowest BCUT2D eigenvalue weighted by Crippen LogP contribution is -2.38. The molecule has 5 nitrogen and oxygen atoms in total. The first-order valence-corrected chi connectivity index (χ1v) is 6.72. The van der Waals surface area contributed by atoms with Crippen LogP contribution in [0.1, 0.15) is 34.5 Å². The van der Waals surface area contributed by atoms with Crippen LogP contribution in [0, 0.1) is 6.92 Å². The molecule has 0 radical (unpaired) electrons. The second-order valence-corrected chi connectivity index (χ2v) is 5.57. The topological polar surface area (TPSA) is 77.8 Å². The zero-order valence-corrected chi connectivity index (χ0v) is 11.3. The van der Waals surface area contributed by atoms with Crippen LogP contribution in [0.15, 0.2) is 35.1 Å². The first-order chi connectivity index (χ1) is 9.56. The third-order valence-corrected chi connectivity index (χ3v) is 3.74. The number of hydrogen-bond acceptors (Lipinski definition) is 2. The van der Waals surface area contributed by atoms with Crippen LogP contribution in [0.4, 0.5) is 0 Å². The molecule has 1 aliphatic rings. The second-order valence-electron chi connectivity index (χ2n) is 5.57. The molecule has 1 aromatic heterocycles. The van der Waals surface area contributed by atoms with Crippen molar-refractivity contribution in [3.63, 3.8) is 0 Å². The molecule has 1 heterocycles. The molecule has 3 rings (SSSR count). The largest absolute Gasteiger partial charge is 0.345 e. The fraction of sp³-hybridized carbons (Fsp3) is 0.333. The molecule has 0 unspecified atom stereocenters. The van der Waals surface area contributed by atoms with Gasteiger partial charge >= 0.3 is 0 Å². The van der Waals surface area contributed by atoms with E-state index in [2.05, 4.69) is 46.7 Å². The van der Waals surface area contributed by atoms with Gasteiger partial charge in [-0.15, -0.1) is 0 Å². The first-order valence-electron chi connectivity index (χ1n) is 6.72. The molecule has 1 aliphatic carbocycles. The minimum atomic E-state index is -0.293. The highest BCUT2D eigenvalue weighted by Gasteiger charge is 2.44. The van der Waals surface area contributed by atoms with Gasteiger partial charge in [0, 0.05) is 11.6 Å². The van der Waals surface area contributed by atoms with Gasteiger partial charge in [0.15, 0.2) is 0 Å². The number of rotatable bonds is 4. The Labute approximate surface area is 116 Å². The second kappa shape index (κ2) is 4.67. The van der Waals surface area contributed by atoms with Gasteiger partial charge in [-0.25, -0.2) is 0 Å². The number of H-pyrrole nitrogens is 2. The Kier molecular flexibility index (Phi) is 2.97. The van der Waals surface area contributed by atoms with E-state index < -0.39 is 0 Å². The van der Waals surface area contributed by atoms with E-state index in [0.717, 1.165) is 19.3 Å². The molecule has 2 aromatic rings. The van der Waals surface area contributed by atoms with Crippen molar-refractivity contribution < 1.29 is 4.79 Å². The molecule has 20 heavy (non-hydrogen) atoms. The van der Waals surface area contributed by atoms with Crippen LogP contribution in [-0.4, -0.2) is 21.6 Å². The number of amides is 1. The van der Waals surface area contributed by atoms with Crippen molar-refractivity contribution in [1.29, 1.82) is 0 Å². The Morgan fingerprint density at radius 3 is 2.50 bits per heavy atom. The average Bonchev–Trinajstić information content (AvgIpc) is 3.01. The minimum absolute atomic E-state index is 0.152. The van der Waals surface area contributed by atoms with Crippen LogP contribution in [0.5, 0.6) is 0 Å². The maximum Gasteiger partial charge on any atom is 0.269 e. The Morgan fingerprint density at radius 2 is 1.95 bits per heavy atom. The molecular formula is C15H17N3O2. The molecule has 0 aliphatic heterocycles. The summed E-state index contributed by atoms with van der Waals surface area (Å²) in [5.74, 6) is -0.229. The van der Waals surface area contributed by atoms with Gasteiger partial charge < -0.3 is 5.32 Å². The van der Waals surface area contributed by atoms with Crippen molar-refractivity contribution in [3.05, 3.63) is 57.5 Å². The Bertz CT molecular complexity index is 678. The summed E-state index contributed by atoms with van der Waals surface area (Å²) < 4.78 is 0. The smallest absolute Gasteiger partial charge is 0.269 e. The summed E-state index contributed by atoms with van der Waals surface area (Å²) in [4.78, 5) is 23.1. The quantitative estimate of drug-likeness (QED) is 0.788. The van der Waals surface area contributed by atoms with Crippen molar-refractivity contribution in [2.24, 2.45) is 0 Å². The summed E-state index contributed by atoms with van der Waals surface area (Å²) >= 11 is 0. The third-order valence-electron chi connectivity index (χ3n) is 3.74. The van der Waals surface area contributed by atoms with Gasteiger partial charge in [-0.05, 0) is 31.7 Å². The van der Waals surface area contributed by atoms with Crippen LogP contribution in [0.25, 0.3) is 0 Å². The van der Waals surface area contributed by atoms with Crippen molar-refractivity contribution in [2.45, 2.75) is 31.7 Å². The molecule has 104 valence electrons. The van der Waals surface area contributed by atoms with Gasteiger partial charge in [0.05, 0.1) is 0 Å². The third kappa shape index (κ3) is 2.66. The molecule has 1 fully saturated rings. The zero-order chi connectivity index (χ0) is 14.2. The SMILES string of the molecule is Cc1ccc(CC2(NC(=O)c3cc(=O)[nH][nH]3)CC2)cc1. The van der Waals surface area contributed by atoms with Crippen molar-refractivity contribution in [1.82, 2.24) is 15.5 Å². The van der Waals surface area contributed by atoms with Crippen LogP contribution in [0.3, 0.4) is 0 Å². The van der Waals surface area contributed by atoms with E-state index in [1.165, 1.54) is 17.2 Å². The lowest BCUT2D eigenvalue weighted by molar-refractivity contribution is 0.0926. The van der Waals surface area contributed by atoms with Crippen LogP contribution < -0.4 is 10.9 Å². The highest BCUT2D eigenvalue weighted by atomic mass is 16.2. The van der Waals surface area contributed by atoms with E-state index in [1.54, 1.807) is 0 Å². The molecule has 3 N–H and O–H groups in total. The molecule has 1 amide bonds. The molecule has 5 heteroatoms. The maximum absolute atomic E-state index is 12.1. The summed E-state index contributed by atoms with van der Waals surface area (Å²) in [6.07, 6.45) is 2.77.